The van der Waals surface area contributed by atoms with Gasteiger partial charge in [-0.05, 0) is 12.1 Å². The van der Waals surface area contributed by atoms with Crippen molar-refractivity contribution in [3.8, 4) is 0 Å². The Morgan fingerprint density at radius 1 is 1.43 bits per heavy atom. The average molecular weight is 300 g/mol. The van der Waals surface area contributed by atoms with Crippen LogP contribution in [-0.2, 0) is 14.3 Å². The molecule has 1 atom stereocenters. The van der Waals surface area contributed by atoms with Crippen LogP contribution >= 0.6 is 0 Å². The monoisotopic (exact) mass is 300 g/mol. The molecule has 0 aliphatic carbocycles. The van der Waals surface area contributed by atoms with E-state index < -0.39 is 29.7 Å². The summed E-state index contributed by atoms with van der Waals surface area (Å²) in [6, 6.07) is 2.24. The van der Waals surface area contributed by atoms with Gasteiger partial charge in [0.1, 0.15) is 11.6 Å². The Morgan fingerprint density at radius 2 is 2.19 bits per heavy atom. The Balaban J connectivity index is 2.01. The number of urea groups is 1. The zero-order chi connectivity index (χ0) is 15.4. The second-order valence-electron chi connectivity index (χ2n) is 4.38. The van der Waals surface area contributed by atoms with Crippen molar-refractivity contribution >= 4 is 17.7 Å². The van der Waals surface area contributed by atoms with Gasteiger partial charge < -0.3 is 19.7 Å². The van der Waals surface area contributed by atoms with E-state index in [1.807, 2.05) is 0 Å². The second kappa shape index (κ2) is 6.49. The Hall–Kier alpha value is -2.22. The summed E-state index contributed by atoms with van der Waals surface area (Å²) in [4.78, 5) is 24.7. The summed E-state index contributed by atoms with van der Waals surface area (Å²) in [5.74, 6) is -2.19. The maximum absolute atomic E-state index is 13.5. The van der Waals surface area contributed by atoms with Crippen LogP contribution in [0, 0.1) is 11.6 Å². The van der Waals surface area contributed by atoms with Crippen molar-refractivity contribution in [3.05, 3.63) is 29.8 Å². The fourth-order valence-electron chi connectivity index (χ4n) is 1.89. The number of nitrogens with zero attached hydrogens (tertiary/aromatic N) is 1. The lowest BCUT2D eigenvalue weighted by atomic mass is 10.2. The number of methoxy groups -OCH3 is 1. The molecule has 1 aliphatic rings. The Labute approximate surface area is 119 Å². The predicted octanol–water partition coefficient (Wildman–Crippen LogP) is 1.37. The molecule has 1 unspecified atom stereocenters. The SMILES string of the molecule is COC(=O)C1CN(C(=O)Nc2ccc(F)cc2F)CCO1. The summed E-state index contributed by atoms with van der Waals surface area (Å²) in [5.41, 5.74) is -0.137. The molecular formula is C13H14F2N2O4. The lowest BCUT2D eigenvalue weighted by molar-refractivity contribution is -0.158. The van der Waals surface area contributed by atoms with Crippen LogP contribution in [0.4, 0.5) is 19.3 Å². The predicted molar refractivity (Wildman–Crippen MR) is 68.7 cm³/mol. The van der Waals surface area contributed by atoms with Gasteiger partial charge in [0.25, 0.3) is 0 Å². The van der Waals surface area contributed by atoms with E-state index in [-0.39, 0.29) is 25.4 Å². The van der Waals surface area contributed by atoms with Crippen molar-refractivity contribution < 1.29 is 27.8 Å². The molecule has 1 aromatic carbocycles. The van der Waals surface area contributed by atoms with Crippen molar-refractivity contribution in [3.63, 3.8) is 0 Å². The summed E-state index contributed by atoms with van der Waals surface area (Å²) in [5, 5.41) is 2.32. The molecule has 6 nitrogen and oxygen atoms in total. The number of halogens is 2. The van der Waals surface area contributed by atoms with E-state index in [1.165, 1.54) is 12.0 Å². The number of esters is 1. The number of nitrogens with one attached hydrogen (secondary N) is 1. The van der Waals surface area contributed by atoms with Gasteiger partial charge in [-0.25, -0.2) is 18.4 Å². The first-order valence-corrected chi connectivity index (χ1v) is 6.21. The van der Waals surface area contributed by atoms with Gasteiger partial charge in [-0.1, -0.05) is 0 Å². The molecule has 1 N–H and O–H groups in total. The van der Waals surface area contributed by atoms with Crippen LogP contribution < -0.4 is 5.32 Å². The number of amides is 2. The minimum absolute atomic E-state index is 0.00131. The summed E-state index contributed by atoms with van der Waals surface area (Å²) in [6.07, 6.45) is -0.868. The third-order valence-electron chi connectivity index (χ3n) is 2.99. The number of hydrogen-bond donors (Lipinski definition) is 1. The van der Waals surface area contributed by atoms with Gasteiger partial charge in [0.2, 0.25) is 0 Å². The minimum Gasteiger partial charge on any atom is -0.467 e. The van der Waals surface area contributed by atoms with Gasteiger partial charge >= 0.3 is 12.0 Å². The number of ether oxygens (including phenoxy) is 2. The zero-order valence-corrected chi connectivity index (χ0v) is 11.3. The number of hydrogen-bond acceptors (Lipinski definition) is 4. The number of carbonyl (C=O) groups is 2. The van der Waals surface area contributed by atoms with E-state index >= 15 is 0 Å². The van der Waals surface area contributed by atoms with Crippen LogP contribution in [0.2, 0.25) is 0 Å². The van der Waals surface area contributed by atoms with Gasteiger partial charge in [-0.2, -0.15) is 0 Å². The van der Waals surface area contributed by atoms with Crippen molar-refractivity contribution in [1.82, 2.24) is 4.90 Å². The van der Waals surface area contributed by atoms with E-state index in [2.05, 4.69) is 10.1 Å². The highest BCUT2D eigenvalue weighted by atomic mass is 19.1. The first-order chi connectivity index (χ1) is 10.0. The maximum Gasteiger partial charge on any atom is 0.336 e. The molecule has 2 rings (SSSR count). The lowest BCUT2D eigenvalue weighted by Gasteiger charge is -2.31. The van der Waals surface area contributed by atoms with E-state index in [0.717, 1.165) is 12.1 Å². The number of benzene rings is 1. The molecule has 1 heterocycles. The highest BCUT2D eigenvalue weighted by molar-refractivity contribution is 5.90. The molecule has 1 aromatic rings. The smallest absolute Gasteiger partial charge is 0.336 e. The van der Waals surface area contributed by atoms with Crippen LogP contribution in [-0.4, -0.2) is 49.8 Å². The first kappa shape index (κ1) is 15.2. The van der Waals surface area contributed by atoms with Crippen LogP contribution in [0.1, 0.15) is 0 Å². The van der Waals surface area contributed by atoms with Crippen LogP contribution in [0.3, 0.4) is 0 Å². The van der Waals surface area contributed by atoms with Crippen LogP contribution in [0.5, 0.6) is 0 Å². The topological polar surface area (TPSA) is 67.9 Å². The van der Waals surface area contributed by atoms with Gasteiger partial charge in [-0.3, -0.25) is 0 Å². The molecule has 8 heteroatoms. The number of carbonyl (C=O) groups excluding carboxylic acids is 2. The fourth-order valence-corrected chi connectivity index (χ4v) is 1.89. The standard InChI is InChI=1S/C13H14F2N2O4/c1-20-12(18)11-7-17(4-5-21-11)13(19)16-10-3-2-8(14)6-9(10)15/h2-3,6,11H,4-5,7H2,1H3,(H,16,19). The highest BCUT2D eigenvalue weighted by Gasteiger charge is 2.30. The molecule has 21 heavy (non-hydrogen) atoms. The quantitative estimate of drug-likeness (QED) is 0.838. The normalized spacial score (nSPS) is 18.2. The van der Waals surface area contributed by atoms with Crippen molar-refractivity contribution in [2.45, 2.75) is 6.10 Å². The van der Waals surface area contributed by atoms with Crippen LogP contribution in [0.15, 0.2) is 18.2 Å². The third kappa shape index (κ3) is 3.66. The molecule has 0 bridgehead atoms. The fraction of sp³-hybridized carbons (Fsp3) is 0.385. The maximum atomic E-state index is 13.5. The first-order valence-electron chi connectivity index (χ1n) is 6.21. The summed E-state index contributed by atoms with van der Waals surface area (Å²) < 4.78 is 36.0. The molecule has 1 saturated heterocycles. The Bertz CT molecular complexity index is 553. The van der Waals surface area contributed by atoms with E-state index in [4.69, 9.17) is 4.74 Å². The van der Waals surface area contributed by atoms with Gasteiger partial charge in [0, 0.05) is 12.6 Å². The van der Waals surface area contributed by atoms with Crippen molar-refractivity contribution in [2.24, 2.45) is 0 Å². The average Bonchev–Trinajstić information content (AvgIpc) is 2.49. The molecule has 0 spiro atoms. The van der Waals surface area contributed by atoms with Crippen molar-refractivity contribution in [1.29, 1.82) is 0 Å². The summed E-state index contributed by atoms with van der Waals surface area (Å²) in [6.45, 7) is 0.419. The molecular weight excluding hydrogens is 286 g/mol. The van der Waals surface area contributed by atoms with Crippen LogP contribution in [0.25, 0.3) is 0 Å². The highest BCUT2D eigenvalue weighted by Crippen LogP contribution is 2.16. The largest absolute Gasteiger partial charge is 0.467 e. The Kier molecular flexibility index (Phi) is 4.69. The molecule has 1 aliphatic heterocycles. The summed E-state index contributed by atoms with van der Waals surface area (Å²) in [7, 11) is 1.22. The summed E-state index contributed by atoms with van der Waals surface area (Å²) >= 11 is 0. The molecule has 0 radical (unpaired) electrons. The molecule has 0 aromatic heterocycles. The Morgan fingerprint density at radius 3 is 2.86 bits per heavy atom. The minimum atomic E-state index is -0.874. The zero-order valence-electron chi connectivity index (χ0n) is 11.3. The van der Waals surface area contributed by atoms with Crippen molar-refractivity contribution in [2.75, 3.05) is 32.1 Å². The lowest BCUT2D eigenvalue weighted by Crippen LogP contribution is -2.50. The van der Waals surface area contributed by atoms with E-state index in [1.54, 1.807) is 0 Å². The van der Waals surface area contributed by atoms with Gasteiger partial charge in [0.05, 0.1) is 25.9 Å². The molecule has 1 fully saturated rings. The number of rotatable bonds is 2. The number of morpholine rings is 1. The number of anilines is 1. The molecule has 0 saturated carbocycles. The van der Waals surface area contributed by atoms with Gasteiger partial charge in [0.15, 0.2) is 6.10 Å². The second-order valence-corrected chi connectivity index (χ2v) is 4.38. The van der Waals surface area contributed by atoms with E-state index in [0.29, 0.717) is 6.07 Å². The van der Waals surface area contributed by atoms with E-state index in [9.17, 15) is 18.4 Å². The molecule has 114 valence electrons. The third-order valence-corrected chi connectivity index (χ3v) is 2.99. The van der Waals surface area contributed by atoms with Gasteiger partial charge in [-0.15, -0.1) is 0 Å². The molecule has 2 amide bonds.